The summed E-state index contributed by atoms with van der Waals surface area (Å²) in [5.41, 5.74) is 0.685. The highest BCUT2D eigenvalue weighted by atomic mass is 32.2. The molecule has 0 radical (unpaired) electrons. The summed E-state index contributed by atoms with van der Waals surface area (Å²) >= 11 is 4.01. The Morgan fingerprint density at radius 2 is 1.78 bits per heavy atom. The molecule has 0 saturated carbocycles. The van der Waals surface area contributed by atoms with Crippen molar-refractivity contribution in [1.29, 1.82) is 0 Å². The second-order valence-corrected chi connectivity index (χ2v) is 7.60. The van der Waals surface area contributed by atoms with E-state index >= 15 is 0 Å². The lowest BCUT2D eigenvalue weighted by Crippen LogP contribution is -2.25. The van der Waals surface area contributed by atoms with Gasteiger partial charge in [-0.2, -0.15) is 0 Å². The van der Waals surface area contributed by atoms with Gasteiger partial charge in [-0.25, -0.2) is 0 Å². The van der Waals surface area contributed by atoms with Gasteiger partial charge in [0.2, 0.25) is 5.91 Å². The van der Waals surface area contributed by atoms with E-state index < -0.39 is 0 Å². The van der Waals surface area contributed by atoms with Crippen molar-refractivity contribution in [2.75, 3.05) is 18.1 Å². The van der Waals surface area contributed by atoms with Crippen LogP contribution >= 0.6 is 34.9 Å². The van der Waals surface area contributed by atoms with Gasteiger partial charge in [-0.1, -0.05) is 71.1 Å². The number of hydrogen-bond acceptors (Lipinski definition) is 7. The number of nitrogens with one attached hydrogen (secondary N) is 1. The van der Waals surface area contributed by atoms with Gasteiger partial charge in [-0.3, -0.25) is 9.59 Å². The van der Waals surface area contributed by atoms with E-state index in [1.165, 1.54) is 34.9 Å². The molecule has 0 unspecified atom stereocenters. The Kier molecular flexibility index (Phi) is 7.13. The van der Waals surface area contributed by atoms with Crippen LogP contribution in [0.1, 0.15) is 10.4 Å². The molecule has 0 atom stereocenters. The van der Waals surface area contributed by atoms with Crippen molar-refractivity contribution in [2.45, 2.75) is 8.68 Å². The molecule has 1 aromatic carbocycles. The molecule has 0 aliphatic rings. The van der Waals surface area contributed by atoms with Gasteiger partial charge in [0.05, 0.1) is 18.1 Å². The van der Waals surface area contributed by atoms with Crippen LogP contribution in [0.5, 0.6) is 0 Å². The summed E-state index contributed by atoms with van der Waals surface area (Å²) in [6.45, 7) is 0.220. The third-order valence-corrected chi connectivity index (χ3v) is 5.71. The van der Waals surface area contributed by atoms with Crippen LogP contribution in [0.3, 0.4) is 0 Å². The van der Waals surface area contributed by atoms with Gasteiger partial charge < -0.3 is 5.32 Å². The third kappa shape index (κ3) is 6.06. The molecule has 118 valence electrons. The molecular weight excluding hydrogens is 350 g/mol. The van der Waals surface area contributed by atoms with Crippen molar-refractivity contribution in [2.24, 2.45) is 0 Å². The number of thioether (sulfide) groups is 2. The topological polar surface area (TPSA) is 72.0 Å². The lowest BCUT2D eigenvalue weighted by Gasteiger charge is -1.98. The van der Waals surface area contributed by atoms with Gasteiger partial charge in [0, 0.05) is 5.56 Å². The van der Waals surface area contributed by atoms with Crippen LogP contribution in [0.15, 0.2) is 39.0 Å². The van der Waals surface area contributed by atoms with Crippen molar-refractivity contribution in [3.63, 3.8) is 0 Å². The molecule has 23 heavy (non-hydrogen) atoms. The molecule has 0 saturated heterocycles. The van der Waals surface area contributed by atoms with Gasteiger partial charge in [-0.05, 0) is 0 Å². The summed E-state index contributed by atoms with van der Waals surface area (Å²) in [6, 6.07) is 9.13. The number of Topliss-reactive ketones (excluding diaryl/α,β-unsaturated/α-hetero) is 1. The molecule has 1 heterocycles. The number of nitrogens with zero attached hydrogens (tertiary/aromatic N) is 2. The number of carbonyl (C=O) groups excluding carboxylic acids is 2. The molecule has 1 amide bonds. The monoisotopic (exact) mass is 363 g/mol. The van der Waals surface area contributed by atoms with Crippen molar-refractivity contribution in [3.05, 3.63) is 35.9 Å². The van der Waals surface area contributed by atoms with E-state index in [4.69, 9.17) is 6.42 Å². The molecule has 2 rings (SSSR count). The zero-order chi connectivity index (χ0) is 16.5. The Morgan fingerprint density at radius 1 is 1.13 bits per heavy atom. The van der Waals surface area contributed by atoms with Crippen LogP contribution in [0, 0.1) is 12.3 Å². The van der Waals surface area contributed by atoms with E-state index in [2.05, 4.69) is 21.4 Å². The van der Waals surface area contributed by atoms with E-state index in [0.717, 1.165) is 0 Å². The number of carbonyl (C=O) groups is 2. The molecule has 2 aromatic rings. The number of ketones is 1. The Morgan fingerprint density at radius 3 is 2.43 bits per heavy atom. The first kappa shape index (κ1) is 17.5. The van der Waals surface area contributed by atoms with Crippen LogP contribution in [0.25, 0.3) is 0 Å². The predicted octanol–water partition coefficient (Wildman–Crippen LogP) is 2.35. The number of amides is 1. The molecule has 0 spiro atoms. The Hall–Kier alpha value is -1.82. The van der Waals surface area contributed by atoms with Crippen molar-refractivity contribution >= 4 is 46.6 Å². The highest BCUT2D eigenvalue weighted by molar-refractivity contribution is 8.03. The number of terminal acetylenes is 1. The largest absolute Gasteiger partial charge is 0.344 e. The van der Waals surface area contributed by atoms with Crippen molar-refractivity contribution in [3.8, 4) is 12.3 Å². The second-order valence-electron chi connectivity index (χ2n) is 4.18. The molecule has 0 fully saturated rings. The average Bonchev–Trinajstić information content (AvgIpc) is 3.04. The number of rotatable bonds is 8. The Bertz CT molecular complexity index is 710. The maximum absolute atomic E-state index is 12.0. The summed E-state index contributed by atoms with van der Waals surface area (Å²) in [5.74, 6) is 2.80. The molecule has 5 nitrogen and oxygen atoms in total. The number of aromatic nitrogens is 2. The van der Waals surface area contributed by atoms with E-state index in [1.54, 1.807) is 12.1 Å². The SMILES string of the molecule is C#CCNC(=O)CSc1nnc(SCC(=O)c2ccccc2)s1. The molecule has 8 heteroatoms. The van der Waals surface area contributed by atoms with Crippen LogP contribution in [-0.2, 0) is 4.79 Å². The fraction of sp³-hybridized carbons (Fsp3) is 0.200. The number of hydrogen-bond donors (Lipinski definition) is 1. The first-order valence-electron chi connectivity index (χ1n) is 6.56. The summed E-state index contributed by atoms with van der Waals surface area (Å²) in [5, 5.41) is 10.6. The van der Waals surface area contributed by atoms with E-state index in [0.29, 0.717) is 20.0 Å². The molecule has 0 aliphatic heterocycles. The summed E-state index contributed by atoms with van der Waals surface area (Å²) in [4.78, 5) is 23.4. The Labute approximate surface area is 146 Å². The third-order valence-electron chi connectivity index (χ3n) is 2.52. The maximum Gasteiger partial charge on any atom is 0.231 e. The molecule has 1 N–H and O–H groups in total. The minimum Gasteiger partial charge on any atom is -0.344 e. The summed E-state index contributed by atoms with van der Waals surface area (Å²) in [6.07, 6.45) is 5.07. The first-order chi connectivity index (χ1) is 11.2. The van der Waals surface area contributed by atoms with Crippen LogP contribution in [-0.4, -0.2) is 39.9 Å². The van der Waals surface area contributed by atoms with Crippen molar-refractivity contribution in [1.82, 2.24) is 15.5 Å². The molecule has 1 aromatic heterocycles. The fourth-order valence-electron chi connectivity index (χ4n) is 1.48. The van der Waals surface area contributed by atoms with Crippen LogP contribution in [0.2, 0.25) is 0 Å². The Balaban J connectivity index is 1.78. The molecule has 0 aliphatic carbocycles. The summed E-state index contributed by atoms with van der Waals surface area (Å²) in [7, 11) is 0. The smallest absolute Gasteiger partial charge is 0.231 e. The molecule has 0 bridgehead atoms. The lowest BCUT2D eigenvalue weighted by atomic mass is 10.2. The quantitative estimate of drug-likeness (QED) is 0.441. The minimum atomic E-state index is -0.142. The molecular formula is C15H13N3O2S3. The van der Waals surface area contributed by atoms with Crippen LogP contribution < -0.4 is 5.32 Å². The predicted molar refractivity (Wildman–Crippen MR) is 94.0 cm³/mol. The summed E-state index contributed by atoms with van der Waals surface area (Å²) < 4.78 is 1.40. The van der Waals surface area contributed by atoms with E-state index in [9.17, 15) is 9.59 Å². The first-order valence-corrected chi connectivity index (χ1v) is 9.35. The van der Waals surface area contributed by atoms with Crippen LogP contribution in [0.4, 0.5) is 0 Å². The minimum absolute atomic E-state index is 0.0497. The van der Waals surface area contributed by atoms with Gasteiger partial charge in [0.15, 0.2) is 14.5 Å². The van der Waals surface area contributed by atoms with Crippen molar-refractivity contribution < 1.29 is 9.59 Å². The fourth-order valence-corrected chi connectivity index (χ4v) is 4.22. The highest BCUT2D eigenvalue weighted by Gasteiger charge is 2.11. The standard InChI is InChI=1S/C15H13N3O2S3/c1-2-8-16-13(20)10-22-15-18-17-14(23-15)21-9-12(19)11-6-4-3-5-7-11/h1,3-7H,8-10H2,(H,16,20). The highest BCUT2D eigenvalue weighted by Crippen LogP contribution is 2.29. The second kappa shape index (κ2) is 9.35. The average molecular weight is 363 g/mol. The van der Waals surface area contributed by atoms with Gasteiger partial charge in [0.1, 0.15) is 0 Å². The zero-order valence-electron chi connectivity index (χ0n) is 12.0. The lowest BCUT2D eigenvalue weighted by molar-refractivity contribution is -0.118. The maximum atomic E-state index is 12.0. The van der Waals surface area contributed by atoms with E-state index in [-0.39, 0.29) is 24.0 Å². The normalized spacial score (nSPS) is 10.0. The number of benzene rings is 1. The van der Waals surface area contributed by atoms with Gasteiger partial charge >= 0.3 is 0 Å². The van der Waals surface area contributed by atoms with Gasteiger partial charge in [-0.15, -0.1) is 16.6 Å². The zero-order valence-corrected chi connectivity index (χ0v) is 14.5. The van der Waals surface area contributed by atoms with Gasteiger partial charge in [0.25, 0.3) is 0 Å². The van der Waals surface area contributed by atoms with E-state index in [1.807, 2.05) is 18.2 Å².